The molecule has 1 aromatic carbocycles. The maximum Gasteiger partial charge on any atom is 0.416 e. The highest BCUT2D eigenvalue weighted by Gasteiger charge is 2.33. The van der Waals surface area contributed by atoms with E-state index in [9.17, 15) is 23.1 Å². The Kier molecular flexibility index (Phi) is 4.50. The van der Waals surface area contributed by atoms with Crippen LogP contribution < -0.4 is 4.74 Å². The van der Waals surface area contributed by atoms with E-state index < -0.39 is 30.0 Å². The van der Waals surface area contributed by atoms with E-state index in [1.807, 2.05) is 0 Å². The van der Waals surface area contributed by atoms with Crippen molar-refractivity contribution in [3.8, 4) is 5.75 Å². The second-order valence-corrected chi connectivity index (χ2v) is 5.18. The first-order chi connectivity index (χ1) is 10.2. The highest BCUT2D eigenvalue weighted by molar-refractivity contribution is 5.65. The Morgan fingerprint density at radius 2 is 2.14 bits per heavy atom. The van der Waals surface area contributed by atoms with Crippen LogP contribution in [-0.4, -0.2) is 40.4 Å². The van der Waals surface area contributed by atoms with Crippen LogP contribution in [0.15, 0.2) is 18.2 Å². The first kappa shape index (κ1) is 16.4. The summed E-state index contributed by atoms with van der Waals surface area (Å²) in [6.07, 6.45) is -6.68. The molecule has 122 valence electrons. The number of carboxylic acid groups (broad SMARTS) is 1. The Labute approximate surface area is 124 Å². The van der Waals surface area contributed by atoms with Crippen LogP contribution in [0, 0.1) is 0 Å². The van der Waals surface area contributed by atoms with E-state index >= 15 is 0 Å². The molecule has 0 aromatic heterocycles. The molecule has 22 heavy (non-hydrogen) atoms. The van der Waals surface area contributed by atoms with E-state index in [1.54, 1.807) is 0 Å². The van der Waals surface area contributed by atoms with Crippen molar-refractivity contribution in [3.63, 3.8) is 0 Å². The number of aliphatic hydroxyl groups is 1. The van der Waals surface area contributed by atoms with Gasteiger partial charge in [-0.2, -0.15) is 13.2 Å². The van der Waals surface area contributed by atoms with Crippen LogP contribution in [0.1, 0.15) is 30.6 Å². The van der Waals surface area contributed by atoms with E-state index in [0.717, 1.165) is 18.2 Å². The Bertz CT molecular complexity index is 560. The lowest BCUT2D eigenvalue weighted by atomic mass is 10.1. The Morgan fingerprint density at radius 1 is 1.45 bits per heavy atom. The molecule has 0 radical (unpaired) electrons. The number of carbonyl (C=O) groups is 1. The molecule has 1 saturated heterocycles. The van der Waals surface area contributed by atoms with Gasteiger partial charge in [-0.15, -0.1) is 0 Å². The van der Waals surface area contributed by atoms with Gasteiger partial charge in [0.2, 0.25) is 0 Å². The molecule has 0 aliphatic carbocycles. The number of halogens is 3. The first-order valence-corrected chi connectivity index (χ1v) is 6.72. The average molecular weight is 319 g/mol. The second kappa shape index (κ2) is 6.04. The topological polar surface area (TPSA) is 70.0 Å². The number of hydrogen-bond donors (Lipinski definition) is 2. The monoisotopic (exact) mass is 319 g/mol. The number of hydrogen-bond acceptors (Lipinski definition) is 3. The molecule has 0 saturated carbocycles. The standard InChI is InChI=1S/C14H16F3NO4/c1-8(19)11-6-9(14(15,16)17)2-3-12(11)22-10-4-5-18(7-10)13(20)21/h2-3,6,8,10,19H,4-5,7H2,1H3,(H,20,21). The van der Waals surface area contributed by atoms with Crippen molar-refractivity contribution in [2.45, 2.75) is 31.7 Å². The average Bonchev–Trinajstić information content (AvgIpc) is 2.86. The molecule has 1 amide bonds. The molecule has 0 spiro atoms. The van der Waals surface area contributed by atoms with E-state index in [-0.39, 0.29) is 17.9 Å². The molecular weight excluding hydrogens is 303 g/mol. The molecule has 1 heterocycles. The normalized spacial score (nSPS) is 20.0. The van der Waals surface area contributed by atoms with Crippen molar-refractivity contribution in [2.24, 2.45) is 0 Å². The zero-order chi connectivity index (χ0) is 16.5. The van der Waals surface area contributed by atoms with Crippen LogP contribution in [0.25, 0.3) is 0 Å². The number of nitrogens with zero attached hydrogens (tertiary/aromatic N) is 1. The third kappa shape index (κ3) is 3.62. The zero-order valence-electron chi connectivity index (χ0n) is 11.8. The molecule has 1 aliphatic rings. The van der Waals surface area contributed by atoms with Crippen LogP contribution in [0.3, 0.4) is 0 Å². The van der Waals surface area contributed by atoms with Gasteiger partial charge >= 0.3 is 12.3 Å². The molecule has 2 N–H and O–H groups in total. The zero-order valence-corrected chi connectivity index (χ0v) is 11.8. The lowest BCUT2D eigenvalue weighted by molar-refractivity contribution is -0.137. The summed E-state index contributed by atoms with van der Waals surface area (Å²) in [5, 5.41) is 18.5. The van der Waals surface area contributed by atoms with Gasteiger partial charge in [0, 0.05) is 18.5 Å². The van der Waals surface area contributed by atoms with Gasteiger partial charge < -0.3 is 19.8 Å². The Hall–Kier alpha value is -1.96. The molecule has 2 rings (SSSR count). The number of rotatable bonds is 3. The quantitative estimate of drug-likeness (QED) is 0.899. The summed E-state index contributed by atoms with van der Waals surface area (Å²) in [5.41, 5.74) is -0.835. The number of aliphatic hydroxyl groups excluding tert-OH is 1. The fourth-order valence-electron chi connectivity index (χ4n) is 2.34. The lowest BCUT2D eigenvalue weighted by Crippen LogP contribution is -2.29. The maximum atomic E-state index is 12.7. The summed E-state index contributed by atoms with van der Waals surface area (Å²) in [7, 11) is 0. The number of alkyl halides is 3. The fourth-order valence-corrected chi connectivity index (χ4v) is 2.34. The van der Waals surface area contributed by atoms with Gasteiger partial charge in [-0.05, 0) is 25.1 Å². The summed E-state index contributed by atoms with van der Waals surface area (Å²) in [5.74, 6) is 0.139. The van der Waals surface area contributed by atoms with Gasteiger partial charge in [0.05, 0.1) is 18.2 Å². The second-order valence-electron chi connectivity index (χ2n) is 5.18. The molecule has 1 fully saturated rings. The van der Waals surface area contributed by atoms with E-state index in [4.69, 9.17) is 9.84 Å². The lowest BCUT2D eigenvalue weighted by Gasteiger charge is -2.19. The summed E-state index contributed by atoms with van der Waals surface area (Å²) in [6, 6.07) is 2.89. The van der Waals surface area contributed by atoms with Crippen LogP contribution in [0.2, 0.25) is 0 Å². The minimum atomic E-state index is -4.50. The van der Waals surface area contributed by atoms with E-state index in [2.05, 4.69) is 0 Å². The van der Waals surface area contributed by atoms with Crippen LogP contribution in [-0.2, 0) is 6.18 Å². The summed E-state index contributed by atoms with van der Waals surface area (Å²) < 4.78 is 43.7. The molecule has 5 nitrogen and oxygen atoms in total. The third-order valence-electron chi connectivity index (χ3n) is 3.50. The molecule has 1 aromatic rings. The highest BCUT2D eigenvalue weighted by atomic mass is 19.4. The van der Waals surface area contributed by atoms with Crippen molar-refractivity contribution < 1.29 is 32.9 Å². The SMILES string of the molecule is CC(O)c1cc(C(F)(F)F)ccc1OC1CCN(C(=O)O)C1. The van der Waals surface area contributed by atoms with Gasteiger partial charge in [0.25, 0.3) is 0 Å². The van der Waals surface area contributed by atoms with Crippen LogP contribution >= 0.6 is 0 Å². The Balaban J connectivity index is 2.19. The van der Waals surface area contributed by atoms with Crippen molar-refractivity contribution in [2.75, 3.05) is 13.1 Å². The smallest absolute Gasteiger partial charge is 0.416 e. The number of benzene rings is 1. The molecule has 1 aliphatic heterocycles. The van der Waals surface area contributed by atoms with Crippen LogP contribution in [0.5, 0.6) is 5.75 Å². The molecule has 0 bridgehead atoms. The molecule has 8 heteroatoms. The highest BCUT2D eigenvalue weighted by Crippen LogP contribution is 2.35. The minimum Gasteiger partial charge on any atom is -0.488 e. The number of ether oxygens (including phenoxy) is 1. The van der Waals surface area contributed by atoms with E-state index in [0.29, 0.717) is 13.0 Å². The van der Waals surface area contributed by atoms with Gasteiger partial charge in [-0.1, -0.05) is 0 Å². The summed E-state index contributed by atoms with van der Waals surface area (Å²) in [6.45, 7) is 1.81. The molecule has 2 unspecified atom stereocenters. The van der Waals surface area contributed by atoms with Gasteiger partial charge in [0.15, 0.2) is 0 Å². The third-order valence-corrected chi connectivity index (χ3v) is 3.50. The number of amides is 1. The van der Waals surface area contributed by atoms with Crippen molar-refractivity contribution in [1.82, 2.24) is 4.90 Å². The van der Waals surface area contributed by atoms with Gasteiger partial charge in [0.1, 0.15) is 11.9 Å². The van der Waals surface area contributed by atoms with Gasteiger partial charge in [-0.3, -0.25) is 0 Å². The largest absolute Gasteiger partial charge is 0.488 e. The Morgan fingerprint density at radius 3 is 2.64 bits per heavy atom. The van der Waals surface area contributed by atoms with Crippen LogP contribution in [0.4, 0.5) is 18.0 Å². The predicted molar refractivity (Wildman–Crippen MR) is 70.7 cm³/mol. The molecular formula is C14H16F3NO4. The molecule has 2 atom stereocenters. The predicted octanol–water partition coefficient (Wildman–Crippen LogP) is 2.89. The summed E-state index contributed by atoms with van der Waals surface area (Å²) >= 11 is 0. The van der Waals surface area contributed by atoms with Crippen molar-refractivity contribution in [1.29, 1.82) is 0 Å². The number of likely N-dealkylation sites (tertiary alicyclic amines) is 1. The summed E-state index contributed by atoms with van der Waals surface area (Å²) in [4.78, 5) is 12.0. The first-order valence-electron chi connectivity index (χ1n) is 6.72. The van der Waals surface area contributed by atoms with Crippen molar-refractivity contribution in [3.05, 3.63) is 29.3 Å². The van der Waals surface area contributed by atoms with E-state index in [1.165, 1.54) is 11.8 Å². The van der Waals surface area contributed by atoms with Crippen molar-refractivity contribution >= 4 is 6.09 Å². The maximum absolute atomic E-state index is 12.7. The minimum absolute atomic E-state index is 0.0311. The van der Waals surface area contributed by atoms with Gasteiger partial charge in [-0.25, -0.2) is 4.79 Å². The fraction of sp³-hybridized carbons (Fsp3) is 0.500.